The third kappa shape index (κ3) is 2.97. The highest BCUT2D eigenvalue weighted by atomic mass is 16.4. The lowest BCUT2D eigenvalue weighted by Crippen LogP contribution is -2.53. The maximum absolute atomic E-state index is 12.3. The van der Waals surface area contributed by atoms with Crippen molar-refractivity contribution in [3.8, 4) is 0 Å². The second-order valence-corrected chi connectivity index (χ2v) is 5.48. The van der Waals surface area contributed by atoms with E-state index in [1.165, 1.54) is 24.9 Å². The van der Waals surface area contributed by atoms with Gasteiger partial charge in [0.1, 0.15) is 0 Å². The second-order valence-electron chi connectivity index (χ2n) is 5.48. The molecule has 2 N–H and O–H groups in total. The van der Waals surface area contributed by atoms with E-state index in [-0.39, 0.29) is 11.6 Å². The Morgan fingerprint density at radius 2 is 2.14 bits per heavy atom. The normalized spacial score (nSPS) is 21.9. The Bertz CT molecular complexity index is 563. The van der Waals surface area contributed by atoms with Crippen LogP contribution >= 0.6 is 0 Å². The lowest BCUT2D eigenvalue weighted by molar-refractivity contribution is 0.0696. The minimum absolute atomic E-state index is 0.0633. The zero-order valence-corrected chi connectivity index (χ0v) is 11.7. The summed E-state index contributed by atoms with van der Waals surface area (Å²) in [6.07, 6.45) is 5.05. The Morgan fingerprint density at radius 1 is 1.29 bits per heavy atom. The number of carbonyl (C=O) groups excluding carboxylic acids is 1. The third-order valence-corrected chi connectivity index (χ3v) is 4.11. The maximum Gasteiger partial charge on any atom is 0.337 e. The fourth-order valence-electron chi connectivity index (χ4n) is 3.00. The van der Waals surface area contributed by atoms with Crippen molar-refractivity contribution in [3.63, 3.8) is 0 Å². The number of carbonyl (C=O) groups is 2. The number of rotatable bonds is 2. The molecule has 2 fully saturated rings. The fraction of sp³-hybridized carbons (Fsp3) is 0.500. The lowest BCUT2D eigenvalue weighted by Gasteiger charge is -2.37. The molecule has 7 nitrogen and oxygen atoms in total. The molecule has 3 rings (SSSR count). The fourth-order valence-corrected chi connectivity index (χ4v) is 3.00. The van der Waals surface area contributed by atoms with E-state index in [9.17, 15) is 9.59 Å². The number of nitrogens with one attached hydrogen (secondary N) is 1. The molecule has 0 bridgehead atoms. The number of hydrogen-bond donors (Lipinski definition) is 2. The smallest absolute Gasteiger partial charge is 0.337 e. The molecule has 0 saturated carbocycles. The van der Waals surface area contributed by atoms with E-state index in [1.54, 1.807) is 4.90 Å². The summed E-state index contributed by atoms with van der Waals surface area (Å²) in [4.78, 5) is 31.2. The van der Waals surface area contributed by atoms with E-state index >= 15 is 0 Å². The van der Waals surface area contributed by atoms with Gasteiger partial charge in [0.2, 0.25) is 0 Å². The third-order valence-electron chi connectivity index (χ3n) is 4.11. The van der Waals surface area contributed by atoms with Crippen LogP contribution in [0.5, 0.6) is 0 Å². The van der Waals surface area contributed by atoms with E-state index in [0.29, 0.717) is 18.3 Å². The average molecular weight is 290 g/mol. The van der Waals surface area contributed by atoms with Crippen LogP contribution in [0.3, 0.4) is 0 Å². The summed E-state index contributed by atoms with van der Waals surface area (Å²) in [5.74, 6) is -1.06. The van der Waals surface area contributed by atoms with Crippen LogP contribution in [0.2, 0.25) is 0 Å². The summed E-state index contributed by atoms with van der Waals surface area (Å²) in [5.41, 5.74) is 0.474. The molecule has 2 aliphatic heterocycles. The van der Waals surface area contributed by atoms with Crippen molar-refractivity contribution < 1.29 is 14.7 Å². The molecule has 2 saturated heterocycles. The molecular formula is C14H18N4O3. The number of hydrogen-bond acceptors (Lipinski definition) is 4. The standard InChI is InChI=1S/C14H18N4O3/c19-13(20)10-6-11(8-15-7-10)16-14(21)18-5-4-17-3-1-2-12(17)9-18/h6-8,12H,1-5,9H2,(H,16,21)(H,19,20). The van der Waals surface area contributed by atoms with E-state index in [0.717, 1.165) is 26.1 Å². The van der Waals surface area contributed by atoms with Gasteiger partial charge in [0, 0.05) is 31.9 Å². The summed E-state index contributed by atoms with van der Waals surface area (Å²) in [6.45, 7) is 3.47. The number of nitrogens with zero attached hydrogens (tertiary/aromatic N) is 3. The molecule has 0 radical (unpaired) electrons. The molecule has 0 aliphatic carbocycles. The van der Waals surface area contributed by atoms with E-state index < -0.39 is 5.97 Å². The first kappa shape index (κ1) is 13.8. The van der Waals surface area contributed by atoms with Gasteiger partial charge in [-0.15, -0.1) is 0 Å². The number of anilines is 1. The van der Waals surface area contributed by atoms with Gasteiger partial charge in [0.05, 0.1) is 17.4 Å². The van der Waals surface area contributed by atoms with Gasteiger partial charge in [-0.1, -0.05) is 0 Å². The zero-order chi connectivity index (χ0) is 14.8. The number of pyridine rings is 1. The Balaban J connectivity index is 1.63. The van der Waals surface area contributed by atoms with Crippen molar-refractivity contribution in [3.05, 3.63) is 24.0 Å². The first-order valence-corrected chi connectivity index (χ1v) is 7.12. The highest BCUT2D eigenvalue weighted by Gasteiger charge is 2.32. The van der Waals surface area contributed by atoms with Gasteiger partial charge in [0.25, 0.3) is 0 Å². The molecule has 1 unspecified atom stereocenters. The number of fused-ring (bicyclic) bond motifs is 1. The number of amides is 2. The monoisotopic (exact) mass is 290 g/mol. The van der Waals surface area contributed by atoms with Gasteiger partial charge >= 0.3 is 12.0 Å². The van der Waals surface area contributed by atoms with E-state index in [1.807, 2.05) is 0 Å². The van der Waals surface area contributed by atoms with Gasteiger partial charge in [-0.2, -0.15) is 0 Å². The largest absolute Gasteiger partial charge is 0.478 e. The summed E-state index contributed by atoms with van der Waals surface area (Å²) < 4.78 is 0. The first-order chi connectivity index (χ1) is 10.1. The lowest BCUT2D eigenvalue weighted by atomic mass is 10.1. The van der Waals surface area contributed by atoms with Gasteiger partial charge in [-0.05, 0) is 25.5 Å². The van der Waals surface area contributed by atoms with Crippen LogP contribution in [0.15, 0.2) is 18.5 Å². The molecule has 2 aliphatic rings. The summed E-state index contributed by atoms with van der Waals surface area (Å²) in [5, 5.41) is 11.7. The minimum atomic E-state index is -1.06. The van der Waals surface area contributed by atoms with Crippen LogP contribution in [-0.2, 0) is 0 Å². The molecule has 0 spiro atoms. The van der Waals surface area contributed by atoms with Crippen molar-refractivity contribution in [2.45, 2.75) is 18.9 Å². The molecule has 7 heteroatoms. The van der Waals surface area contributed by atoms with Crippen molar-refractivity contribution >= 4 is 17.7 Å². The van der Waals surface area contributed by atoms with E-state index in [4.69, 9.17) is 5.11 Å². The van der Waals surface area contributed by atoms with Crippen LogP contribution < -0.4 is 5.32 Å². The number of aromatic carboxylic acids is 1. The predicted octanol–water partition coefficient (Wildman–Crippen LogP) is 1.09. The summed E-state index contributed by atoms with van der Waals surface area (Å²) >= 11 is 0. The highest BCUT2D eigenvalue weighted by Crippen LogP contribution is 2.22. The molecular weight excluding hydrogens is 272 g/mol. The Hall–Kier alpha value is -2.15. The number of carboxylic acid groups (broad SMARTS) is 1. The van der Waals surface area contributed by atoms with Crippen LogP contribution in [0.4, 0.5) is 10.5 Å². The van der Waals surface area contributed by atoms with Crippen LogP contribution in [0.25, 0.3) is 0 Å². The van der Waals surface area contributed by atoms with Crippen molar-refractivity contribution in [1.29, 1.82) is 0 Å². The van der Waals surface area contributed by atoms with Crippen LogP contribution in [-0.4, -0.2) is 64.1 Å². The predicted molar refractivity (Wildman–Crippen MR) is 76.4 cm³/mol. The van der Waals surface area contributed by atoms with Crippen LogP contribution in [0.1, 0.15) is 23.2 Å². The molecule has 3 heterocycles. The molecule has 1 aromatic rings. The van der Waals surface area contributed by atoms with Crippen molar-refractivity contribution in [2.75, 3.05) is 31.5 Å². The first-order valence-electron chi connectivity index (χ1n) is 7.12. The van der Waals surface area contributed by atoms with E-state index in [2.05, 4.69) is 15.2 Å². The maximum atomic E-state index is 12.3. The van der Waals surface area contributed by atoms with Gasteiger partial charge in [-0.25, -0.2) is 9.59 Å². The molecule has 1 aromatic heterocycles. The molecule has 1 atom stereocenters. The highest BCUT2D eigenvalue weighted by molar-refractivity contribution is 5.92. The van der Waals surface area contributed by atoms with Crippen molar-refractivity contribution in [2.24, 2.45) is 0 Å². The average Bonchev–Trinajstić information content (AvgIpc) is 2.94. The molecule has 0 aromatic carbocycles. The van der Waals surface area contributed by atoms with Gasteiger partial charge in [-0.3, -0.25) is 9.88 Å². The SMILES string of the molecule is O=C(O)c1cncc(NC(=O)N2CCN3CCCC3C2)c1. The molecule has 112 valence electrons. The van der Waals surface area contributed by atoms with Crippen molar-refractivity contribution in [1.82, 2.24) is 14.8 Å². The van der Waals surface area contributed by atoms with Crippen LogP contribution in [0, 0.1) is 0 Å². The Morgan fingerprint density at radius 3 is 2.95 bits per heavy atom. The Kier molecular flexibility index (Phi) is 3.74. The van der Waals surface area contributed by atoms with Gasteiger partial charge < -0.3 is 15.3 Å². The molecule has 21 heavy (non-hydrogen) atoms. The minimum Gasteiger partial charge on any atom is -0.478 e. The van der Waals surface area contributed by atoms with Gasteiger partial charge in [0.15, 0.2) is 0 Å². The number of urea groups is 1. The number of carboxylic acids is 1. The number of piperazine rings is 1. The Labute approximate surface area is 122 Å². The zero-order valence-electron chi connectivity index (χ0n) is 11.7. The molecule has 2 amide bonds. The summed E-state index contributed by atoms with van der Waals surface area (Å²) in [7, 11) is 0. The topological polar surface area (TPSA) is 85.8 Å². The summed E-state index contributed by atoms with van der Waals surface area (Å²) in [6, 6.07) is 1.69. The second kappa shape index (κ2) is 5.69. The number of aromatic nitrogens is 1. The quantitative estimate of drug-likeness (QED) is 0.851.